The maximum atomic E-state index is 6.17. The van der Waals surface area contributed by atoms with Crippen LogP contribution in [0, 0.1) is 6.92 Å². The van der Waals surface area contributed by atoms with E-state index in [2.05, 4.69) is 9.59 Å². The summed E-state index contributed by atoms with van der Waals surface area (Å²) in [6.45, 7) is 1.93. The van der Waals surface area contributed by atoms with Crippen molar-refractivity contribution in [2.45, 2.75) is 19.4 Å². The predicted molar refractivity (Wildman–Crippen MR) is 68.3 cm³/mol. The number of hydrogen-bond acceptors (Lipinski definition) is 5. The highest BCUT2D eigenvalue weighted by Gasteiger charge is 2.15. The molecule has 1 heterocycles. The van der Waals surface area contributed by atoms with Crippen LogP contribution < -0.4 is 10.5 Å². The Hall–Kier alpha value is -1.46. The van der Waals surface area contributed by atoms with Gasteiger partial charge in [-0.05, 0) is 36.5 Å². The van der Waals surface area contributed by atoms with Crippen LogP contribution in [0.15, 0.2) is 24.3 Å². The third kappa shape index (κ3) is 2.62. The van der Waals surface area contributed by atoms with Crippen molar-refractivity contribution in [1.29, 1.82) is 0 Å². The highest BCUT2D eigenvalue weighted by molar-refractivity contribution is 7.05. The van der Waals surface area contributed by atoms with E-state index in [-0.39, 0.29) is 6.04 Å². The number of benzene rings is 1. The van der Waals surface area contributed by atoms with Gasteiger partial charge in [-0.3, -0.25) is 0 Å². The second-order valence-electron chi connectivity index (χ2n) is 3.85. The molecule has 0 aliphatic rings. The molecular weight excluding hydrogens is 234 g/mol. The van der Waals surface area contributed by atoms with Gasteiger partial charge < -0.3 is 10.5 Å². The number of hydrogen-bond donors (Lipinski definition) is 1. The first-order chi connectivity index (χ1) is 8.22. The fourth-order valence-corrected chi connectivity index (χ4v) is 2.42. The maximum absolute atomic E-state index is 6.17. The van der Waals surface area contributed by atoms with Crippen molar-refractivity contribution in [1.82, 2.24) is 9.59 Å². The van der Waals surface area contributed by atoms with Gasteiger partial charge >= 0.3 is 0 Å². The molecule has 90 valence electrons. The summed E-state index contributed by atoms with van der Waals surface area (Å²) in [7, 11) is 1.67. The molecule has 0 aliphatic heterocycles. The molecule has 1 unspecified atom stereocenters. The van der Waals surface area contributed by atoms with Crippen LogP contribution in [0.4, 0.5) is 0 Å². The van der Waals surface area contributed by atoms with Gasteiger partial charge in [-0.15, -0.1) is 5.10 Å². The molecule has 0 saturated heterocycles. The fourth-order valence-electron chi connectivity index (χ4n) is 1.78. The van der Waals surface area contributed by atoms with E-state index >= 15 is 0 Å². The first-order valence-corrected chi connectivity index (χ1v) is 6.16. The van der Waals surface area contributed by atoms with Crippen molar-refractivity contribution < 1.29 is 4.74 Å². The third-order valence-electron chi connectivity index (χ3n) is 2.66. The van der Waals surface area contributed by atoms with E-state index < -0.39 is 0 Å². The quantitative estimate of drug-likeness (QED) is 0.901. The van der Waals surface area contributed by atoms with Gasteiger partial charge in [0, 0.05) is 6.04 Å². The largest absolute Gasteiger partial charge is 0.496 e. The number of aromatic nitrogens is 2. The van der Waals surface area contributed by atoms with Crippen LogP contribution in [0.25, 0.3) is 0 Å². The van der Waals surface area contributed by atoms with Crippen LogP contribution in [0.2, 0.25) is 0 Å². The van der Waals surface area contributed by atoms with Gasteiger partial charge in [0.15, 0.2) is 0 Å². The minimum absolute atomic E-state index is 0.0775. The molecule has 0 spiro atoms. The molecule has 0 amide bonds. The Kier molecular flexibility index (Phi) is 3.71. The molecule has 0 aliphatic carbocycles. The number of rotatable bonds is 4. The van der Waals surface area contributed by atoms with E-state index in [1.807, 2.05) is 31.2 Å². The minimum Gasteiger partial charge on any atom is -0.496 e. The van der Waals surface area contributed by atoms with Gasteiger partial charge in [0.2, 0.25) is 0 Å². The van der Waals surface area contributed by atoms with Gasteiger partial charge in [0.25, 0.3) is 0 Å². The van der Waals surface area contributed by atoms with Crippen molar-refractivity contribution in [3.05, 3.63) is 40.4 Å². The van der Waals surface area contributed by atoms with E-state index in [9.17, 15) is 0 Å². The summed E-state index contributed by atoms with van der Waals surface area (Å²) >= 11 is 1.36. The van der Waals surface area contributed by atoms with E-state index in [4.69, 9.17) is 10.5 Å². The predicted octanol–water partition coefficient (Wildman–Crippen LogP) is 2.10. The van der Waals surface area contributed by atoms with Crippen LogP contribution in [0.3, 0.4) is 0 Å². The fraction of sp³-hybridized carbons (Fsp3) is 0.333. The maximum Gasteiger partial charge on any atom is 0.122 e. The zero-order valence-corrected chi connectivity index (χ0v) is 10.7. The number of nitrogens with two attached hydrogens (primary N) is 1. The molecule has 2 N–H and O–H groups in total. The Balaban J connectivity index is 2.18. The molecule has 5 heteroatoms. The van der Waals surface area contributed by atoms with Gasteiger partial charge in [-0.2, -0.15) is 0 Å². The first-order valence-electron chi connectivity index (χ1n) is 5.38. The average Bonchev–Trinajstić information content (AvgIpc) is 2.76. The van der Waals surface area contributed by atoms with Crippen LogP contribution in [-0.4, -0.2) is 16.7 Å². The lowest BCUT2D eigenvalue weighted by molar-refractivity contribution is 0.408. The van der Waals surface area contributed by atoms with E-state index in [1.165, 1.54) is 11.5 Å². The Labute approximate surface area is 105 Å². The van der Waals surface area contributed by atoms with Crippen LogP contribution in [0.5, 0.6) is 5.75 Å². The zero-order valence-electron chi connectivity index (χ0n) is 9.88. The Morgan fingerprint density at radius 3 is 2.82 bits per heavy atom. The van der Waals surface area contributed by atoms with E-state index in [0.29, 0.717) is 0 Å². The monoisotopic (exact) mass is 249 g/mol. The Morgan fingerprint density at radius 1 is 1.41 bits per heavy atom. The summed E-state index contributed by atoms with van der Waals surface area (Å²) < 4.78 is 9.22. The molecular formula is C12H15N3OS. The van der Waals surface area contributed by atoms with E-state index in [0.717, 1.165) is 28.3 Å². The smallest absolute Gasteiger partial charge is 0.122 e. The molecule has 1 aromatic carbocycles. The molecule has 1 atom stereocenters. The van der Waals surface area contributed by atoms with Crippen molar-refractivity contribution in [3.8, 4) is 5.75 Å². The number of ether oxygens (including phenoxy) is 1. The van der Waals surface area contributed by atoms with Gasteiger partial charge in [-0.25, -0.2) is 0 Å². The summed E-state index contributed by atoms with van der Waals surface area (Å²) in [4.78, 5) is 1.04. The lowest BCUT2D eigenvalue weighted by atomic mass is 10.0. The van der Waals surface area contributed by atoms with Crippen LogP contribution >= 0.6 is 11.5 Å². The molecule has 0 radical (unpaired) electrons. The Morgan fingerprint density at radius 2 is 2.18 bits per heavy atom. The Bertz CT molecular complexity index is 498. The number of aryl methyl sites for hydroxylation is 1. The highest BCUT2D eigenvalue weighted by atomic mass is 32.1. The highest BCUT2D eigenvalue weighted by Crippen LogP contribution is 2.26. The van der Waals surface area contributed by atoms with Gasteiger partial charge in [0.05, 0.1) is 17.7 Å². The first kappa shape index (κ1) is 12.0. The van der Waals surface area contributed by atoms with E-state index in [1.54, 1.807) is 7.11 Å². The topological polar surface area (TPSA) is 61.0 Å². The van der Waals surface area contributed by atoms with Crippen LogP contribution in [-0.2, 0) is 6.42 Å². The molecule has 2 aromatic rings. The van der Waals surface area contributed by atoms with Crippen molar-refractivity contribution in [2.24, 2.45) is 5.73 Å². The average molecular weight is 249 g/mol. The van der Waals surface area contributed by atoms with Gasteiger partial charge in [-0.1, -0.05) is 22.7 Å². The lowest BCUT2D eigenvalue weighted by Gasteiger charge is -2.12. The second-order valence-corrected chi connectivity index (χ2v) is 4.63. The molecule has 0 fully saturated rings. The number of nitrogens with zero attached hydrogens (tertiary/aromatic N) is 2. The molecule has 0 bridgehead atoms. The normalized spacial score (nSPS) is 12.4. The third-order valence-corrected chi connectivity index (χ3v) is 3.61. The number of para-hydroxylation sites is 1. The summed E-state index contributed by atoms with van der Waals surface area (Å²) in [6, 6.07) is 7.84. The zero-order chi connectivity index (χ0) is 12.3. The van der Waals surface area contributed by atoms with Crippen LogP contribution in [0.1, 0.15) is 22.2 Å². The summed E-state index contributed by atoms with van der Waals surface area (Å²) in [6.07, 6.45) is 0.731. The van der Waals surface area contributed by atoms with Crippen molar-refractivity contribution in [3.63, 3.8) is 0 Å². The number of methoxy groups -OCH3 is 1. The molecule has 2 rings (SSSR count). The summed E-state index contributed by atoms with van der Waals surface area (Å²) in [5, 5.41) is 3.98. The lowest BCUT2D eigenvalue weighted by Crippen LogP contribution is -2.13. The standard InChI is InChI=1S/C12H15N3OS/c1-8-12(17-15-14-8)10(13)7-9-5-3-4-6-11(9)16-2/h3-6,10H,7,13H2,1-2H3. The minimum atomic E-state index is -0.0775. The molecule has 4 nitrogen and oxygen atoms in total. The SMILES string of the molecule is COc1ccccc1CC(N)c1snnc1C. The van der Waals surface area contributed by atoms with Crippen molar-refractivity contribution in [2.75, 3.05) is 7.11 Å². The molecule has 17 heavy (non-hydrogen) atoms. The molecule has 0 saturated carbocycles. The molecule has 1 aromatic heterocycles. The van der Waals surface area contributed by atoms with Crippen molar-refractivity contribution >= 4 is 11.5 Å². The second kappa shape index (κ2) is 5.25. The van der Waals surface area contributed by atoms with Gasteiger partial charge in [0.1, 0.15) is 5.75 Å². The summed E-state index contributed by atoms with van der Waals surface area (Å²) in [5.74, 6) is 0.873. The summed E-state index contributed by atoms with van der Waals surface area (Å²) in [5.41, 5.74) is 8.19.